The van der Waals surface area contributed by atoms with E-state index < -0.39 is 10.0 Å². The molecule has 3 rings (SSSR count). The number of aryl methyl sites for hydroxylation is 3. The minimum absolute atomic E-state index is 0.123. The molecule has 9 heteroatoms. The highest BCUT2D eigenvalue weighted by molar-refractivity contribution is 7.89. The largest absolute Gasteiger partial charge is 0.272 e. The Morgan fingerprint density at radius 2 is 1.79 bits per heavy atom. The zero-order chi connectivity index (χ0) is 21.0. The van der Waals surface area contributed by atoms with Gasteiger partial charge in [-0.25, -0.2) is 12.8 Å². The standard InChI is InChI=1S/C20H26FN5O2S/c1-4-10-25-15-20(11-22-25)29(27,28)26(12-17-6-8-19(21)9-7-17)14-18-13-24(5-2)23-16(18)3/h6-9,11,13,15H,4-5,10,12,14H2,1-3H3. The Balaban J connectivity index is 1.95. The van der Waals surface area contributed by atoms with Gasteiger partial charge in [-0.1, -0.05) is 19.1 Å². The maximum Gasteiger partial charge on any atom is 0.246 e. The molecule has 1 aromatic carbocycles. The molecule has 156 valence electrons. The zero-order valence-electron chi connectivity index (χ0n) is 16.9. The Hall–Kier alpha value is -2.52. The third-order valence-corrected chi connectivity index (χ3v) is 6.44. The lowest BCUT2D eigenvalue weighted by Crippen LogP contribution is -2.30. The van der Waals surface area contributed by atoms with Crippen LogP contribution >= 0.6 is 0 Å². The fraction of sp³-hybridized carbons (Fsp3) is 0.400. The van der Waals surface area contributed by atoms with Gasteiger partial charge in [-0.2, -0.15) is 14.5 Å². The van der Waals surface area contributed by atoms with Crippen molar-refractivity contribution in [3.63, 3.8) is 0 Å². The Labute approximate surface area is 170 Å². The molecule has 0 amide bonds. The first-order valence-electron chi connectivity index (χ1n) is 9.63. The maximum atomic E-state index is 13.4. The van der Waals surface area contributed by atoms with E-state index in [4.69, 9.17) is 0 Å². The van der Waals surface area contributed by atoms with Crippen LogP contribution in [0.15, 0.2) is 47.8 Å². The van der Waals surface area contributed by atoms with Crippen molar-refractivity contribution < 1.29 is 12.8 Å². The minimum atomic E-state index is -3.80. The molecule has 0 fully saturated rings. The summed E-state index contributed by atoms with van der Waals surface area (Å²) < 4.78 is 44.9. The first-order valence-corrected chi connectivity index (χ1v) is 11.1. The topological polar surface area (TPSA) is 73.0 Å². The van der Waals surface area contributed by atoms with Gasteiger partial charge in [-0.05, 0) is 38.0 Å². The van der Waals surface area contributed by atoms with Crippen molar-refractivity contribution in [3.8, 4) is 0 Å². The Morgan fingerprint density at radius 1 is 1.07 bits per heavy atom. The molecular weight excluding hydrogens is 393 g/mol. The number of halogens is 1. The van der Waals surface area contributed by atoms with E-state index in [1.807, 2.05) is 27.0 Å². The highest BCUT2D eigenvalue weighted by atomic mass is 32.2. The van der Waals surface area contributed by atoms with E-state index in [0.717, 1.165) is 17.7 Å². The first kappa shape index (κ1) is 21.2. The third-order valence-electron chi connectivity index (χ3n) is 4.69. The lowest BCUT2D eigenvalue weighted by Gasteiger charge is -2.21. The van der Waals surface area contributed by atoms with Gasteiger partial charge in [0.2, 0.25) is 10.0 Å². The van der Waals surface area contributed by atoms with E-state index in [0.29, 0.717) is 18.7 Å². The van der Waals surface area contributed by atoms with Gasteiger partial charge < -0.3 is 0 Å². The van der Waals surface area contributed by atoms with Crippen LogP contribution in [0.5, 0.6) is 0 Å². The van der Waals surface area contributed by atoms with Crippen molar-refractivity contribution in [3.05, 3.63) is 65.5 Å². The summed E-state index contributed by atoms with van der Waals surface area (Å²) in [5, 5.41) is 8.57. The number of hydrogen-bond donors (Lipinski definition) is 0. The molecule has 0 spiro atoms. The van der Waals surface area contributed by atoms with Crippen LogP contribution in [0.4, 0.5) is 4.39 Å². The summed E-state index contributed by atoms with van der Waals surface area (Å²) in [4.78, 5) is 0.147. The number of rotatable bonds is 9. The van der Waals surface area contributed by atoms with Crippen LogP contribution in [0, 0.1) is 12.7 Å². The van der Waals surface area contributed by atoms with Crippen LogP contribution in [-0.2, 0) is 36.2 Å². The van der Waals surface area contributed by atoms with E-state index in [9.17, 15) is 12.8 Å². The van der Waals surface area contributed by atoms with E-state index in [1.165, 1.54) is 22.6 Å². The number of nitrogens with zero attached hydrogens (tertiary/aromatic N) is 5. The Bertz CT molecular complexity index is 1060. The minimum Gasteiger partial charge on any atom is -0.272 e. The van der Waals surface area contributed by atoms with E-state index in [2.05, 4.69) is 10.2 Å². The number of sulfonamides is 1. The van der Waals surface area contributed by atoms with Gasteiger partial charge in [0.25, 0.3) is 0 Å². The number of aromatic nitrogens is 4. The van der Waals surface area contributed by atoms with Gasteiger partial charge >= 0.3 is 0 Å². The van der Waals surface area contributed by atoms with Gasteiger partial charge in [-0.3, -0.25) is 9.36 Å². The SMILES string of the molecule is CCCn1cc(S(=O)(=O)N(Cc2ccc(F)cc2)Cc2cn(CC)nc2C)cn1. The predicted molar refractivity (Wildman–Crippen MR) is 108 cm³/mol. The van der Waals surface area contributed by atoms with E-state index >= 15 is 0 Å². The average Bonchev–Trinajstić information content (AvgIpc) is 3.30. The van der Waals surface area contributed by atoms with Gasteiger partial charge in [-0.15, -0.1) is 0 Å². The second kappa shape index (κ2) is 8.87. The van der Waals surface area contributed by atoms with Crippen molar-refractivity contribution >= 4 is 10.0 Å². The van der Waals surface area contributed by atoms with Gasteiger partial charge in [0, 0.05) is 44.1 Å². The molecule has 0 bridgehead atoms. The normalized spacial score (nSPS) is 12.0. The predicted octanol–water partition coefficient (Wildman–Crippen LogP) is 3.35. The fourth-order valence-corrected chi connectivity index (χ4v) is 4.43. The Morgan fingerprint density at radius 3 is 2.41 bits per heavy atom. The highest BCUT2D eigenvalue weighted by Crippen LogP contribution is 2.22. The molecule has 0 aliphatic carbocycles. The summed E-state index contributed by atoms with van der Waals surface area (Å²) in [5.41, 5.74) is 2.32. The van der Waals surface area contributed by atoms with Gasteiger partial charge in [0.1, 0.15) is 10.7 Å². The van der Waals surface area contributed by atoms with Crippen LogP contribution in [0.25, 0.3) is 0 Å². The summed E-state index contributed by atoms with van der Waals surface area (Å²) in [5.74, 6) is -0.357. The second-order valence-corrected chi connectivity index (χ2v) is 8.87. The average molecular weight is 420 g/mol. The van der Waals surface area contributed by atoms with Crippen LogP contribution < -0.4 is 0 Å². The summed E-state index contributed by atoms with van der Waals surface area (Å²) >= 11 is 0. The van der Waals surface area contributed by atoms with Crippen molar-refractivity contribution in [1.29, 1.82) is 0 Å². The quantitative estimate of drug-likeness (QED) is 0.533. The number of hydrogen-bond acceptors (Lipinski definition) is 4. The third kappa shape index (κ3) is 4.91. The summed E-state index contributed by atoms with van der Waals surface area (Å²) in [7, 11) is -3.80. The monoisotopic (exact) mass is 419 g/mol. The van der Waals surface area contributed by atoms with Gasteiger partial charge in [0.15, 0.2) is 0 Å². The van der Waals surface area contributed by atoms with Crippen LogP contribution in [0.1, 0.15) is 37.1 Å². The molecule has 3 aromatic rings. The van der Waals surface area contributed by atoms with Crippen LogP contribution in [0.2, 0.25) is 0 Å². The summed E-state index contributed by atoms with van der Waals surface area (Å²) in [6.45, 7) is 7.49. The van der Waals surface area contributed by atoms with Crippen molar-refractivity contribution in [2.45, 2.75) is 58.3 Å². The molecule has 0 radical (unpaired) electrons. The summed E-state index contributed by atoms with van der Waals surface area (Å²) in [6.07, 6.45) is 5.66. The zero-order valence-corrected chi connectivity index (χ0v) is 17.7. The Kier molecular flexibility index (Phi) is 6.49. The molecule has 0 unspecified atom stereocenters. The second-order valence-electron chi connectivity index (χ2n) is 6.93. The fourth-order valence-electron chi connectivity index (χ4n) is 3.06. The molecule has 29 heavy (non-hydrogen) atoms. The van der Waals surface area contributed by atoms with Crippen molar-refractivity contribution in [2.24, 2.45) is 0 Å². The lowest BCUT2D eigenvalue weighted by molar-refractivity contribution is 0.400. The highest BCUT2D eigenvalue weighted by Gasteiger charge is 2.27. The first-order chi connectivity index (χ1) is 13.8. The molecule has 2 aromatic heterocycles. The molecule has 0 aliphatic rings. The smallest absolute Gasteiger partial charge is 0.246 e. The lowest BCUT2D eigenvalue weighted by atomic mass is 10.2. The van der Waals surface area contributed by atoms with E-state index in [1.54, 1.807) is 27.7 Å². The van der Waals surface area contributed by atoms with Crippen molar-refractivity contribution in [1.82, 2.24) is 23.9 Å². The number of benzene rings is 1. The molecule has 0 saturated heterocycles. The molecule has 0 atom stereocenters. The van der Waals surface area contributed by atoms with Crippen LogP contribution in [0.3, 0.4) is 0 Å². The maximum absolute atomic E-state index is 13.4. The van der Waals surface area contributed by atoms with E-state index in [-0.39, 0.29) is 23.8 Å². The molecule has 2 heterocycles. The molecule has 0 saturated carbocycles. The molecule has 0 aliphatic heterocycles. The molecular formula is C20H26FN5O2S. The van der Waals surface area contributed by atoms with Crippen molar-refractivity contribution in [2.75, 3.05) is 0 Å². The molecule has 7 nitrogen and oxygen atoms in total. The van der Waals surface area contributed by atoms with Gasteiger partial charge in [0.05, 0.1) is 11.9 Å². The van der Waals surface area contributed by atoms with Crippen LogP contribution in [-0.4, -0.2) is 32.3 Å². The molecule has 0 N–H and O–H groups in total. The summed E-state index contributed by atoms with van der Waals surface area (Å²) in [6, 6.07) is 5.86.